The van der Waals surface area contributed by atoms with E-state index in [4.69, 9.17) is 4.43 Å². The van der Waals surface area contributed by atoms with Crippen molar-refractivity contribution in [3.8, 4) is 0 Å². The average molecular weight is 512 g/mol. The van der Waals surface area contributed by atoms with Gasteiger partial charge in [-0.1, -0.05) is 66.8 Å². The summed E-state index contributed by atoms with van der Waals surface area (Å²) in [6, 6.07) is 5.33. The zero-order valence-electron chi connectivity index (χ0n) is 20.9. The molecule has 0 saturated heterocycles. The molecule has 0 aliphatic rings. The Morgan fingerprint density at radius 1 is 0.818 bits per heavy atom. The van der Waals surface area contributed by atoms with E-state index in [9.17, 15) is 31.5 Å². The summed E-state index contributed by atoms with van der Waals surface area (Å²) in [5.41, 5.74) is -0.528. The van der Waals surface area contributed by atoms with Crippen molar-refractivity contribution < 1.29 is 36.0 Å². The Balaban J connectivity index is 3.81. The highest BCUT2D eigenvalue weighted by Crippen LogP contribution is 2.46. The minimum atomic E-state index is -6.08. The number of carbonyl (C=O) groups excluding carboxylic acids is 2. The van der Waals surface area contributed by atoms with E-state index in [0.717, 1.165) is 0 Å². The highest BCUT2D eigenvalue weighted by molar-refractivity contribution is 6.87. The number of hydrogen-bond acceptors (Lipinski definition) is 3. The molecular weight excluding hydrogens is 477 g/mol. The summed E-state index contributed by atoms with van der Waals surface area (Å²) in [4.78, 5) is 26.0. The number of nitrogens with zero attached hydrogens (tertiary/aromatic N) is 1. The first-order chi connectivity index (χ1) is 14.4. The van der Waals surface area contributed by atoms with E-state index >= 15 is 0 Å². The smallest absolute Gasteiger partial charge is 0.463 e. The molecule has 0 aliphatic carbocycles. The van der Waals surface area contributed by atoms with Gasteiger partial charge in [0.15, 0.2) is 8.24 Å². The van der Waals surface area contributed by atoms with Gasteiger partial charge in [-0.15, -0.1) is 0 Å². The lowest BCUT2D eigenvalue weighted by Crippen LogP contribution is -2.64. The number of alkyl halides is 5. The van der Waals surface area contributed by atoms with Gasteiger partial charge in [0, 0.05) is 5.69 Å². The largest absolute Gasteiger partial charge is 0.516 e. The van der Waals surface area contributed by atoms with Crippen molar-refractivity contribution >= 4 is 34.1 Å². The monoisotopic (exact) mass is 511 g/mol. The van der Waals surface area contributed by atoms with Gasteiger partial charge in [0.25, 0.3) is 14.2 Å². The first-order valence-corrected chi connectivity index (χ1v) is 16.4. The van der Waals surface area contributed by atoms with Crippen molar-refractivity contribution in [2.24, 2.45) is 0 Å². The van der Waals surface area contributed by atoms with Crippen molar-refractivity contribution in [2.45, 2.75) is 89.9 Å². The van der Waals surface area contributed by atoms with Gasteiger partial charge in [-0.25, -0.2) is 4.79 Å². The lowest BCUT2D eigenvalue weighted by atomic mass is 10.1. The fourth-order valence-electron chi connectivity index (χ4n) is 2.54. The van der Waals surface area contributed by atoms with Crippen LogP contribution < -0.4 is 4.57 Å². The van der Waals surface area contributed by atoms with Crippen molar-refractivity contribution in [3.05, 3.63) is 29.8 Å². The van der Waals surface area contributed by atoms with Gasteiger partial charge in [0.05, 0.1) is 5.56 Å². The molecule has 0 radical (unpaired) electrons. The van der Waals surface area contributed by atoms with E-state index in [1.165, 1.54) is 37.4 Å². The highest BCUT2D eigenvalue weighted by Gasteiger charge is 2.66. The molecule has 0 atom stereocenters. The SMILES string of the molecule is CC(C)(C)[Si](C)(C)OC(=O)c1ccccc1N(C(=O)C(F)(F)C(F)(F)F)[Si](C)(C)C(C)(C)C. The molecule has 0 spiro atoms. The average Bonchev–Trinajstić information content (AvgIpc) is 2.58. The van der Waals surface area contributed by atoms with Gasteiger partial charge in [0.1, 0.15) is 0 Å². The van der Waals surface area contributed by atoms with Crippen LogP contribution in [0.3, 0.4) is 0 Å². The van der Waals surface area contributed by atoms with Gasteiger partial charge in [-0.05, 0) is 35.3 Å². The van der Waals surface area contributed by atoms with E-state index in [1.54, 1.807) is 20.8 Å². The molecule has 188 valence electrons. The summed E-state index contributed by atoms with van der Waals surface area (Å²) in [5.74, 6) is -8.88. The number of amides is 1. The minimum Gasteiger partial charge on any atom is -0.516 e. The molecule has 0 N–H and O–H groups in total. The Morgan fingerprint density at radius 2 is 1.27 bits per heavy atom. The van der Waals surface area contributed by atoms with Crippen LogP contribution in [0.4, 0.5) is 27.6 Å². The lowest BCUT2D eigenvalue weighted by molar-refractivity contribution is -0.268. The first-order valence-electron chi connectivity index (χ1n) is 10.5. The summed E-state index contributed by atoms with van der Waals surface area (Å²) < 4.78 is 74.5. The molecule has 4 nitrogen and oxygen atoms in total. The van der Waals surface area contributed by atoms with Crippen molar-refractivity contribution in [1.29, 1.82) is 0 Å². The Hall–Kier alpha value is -1.76. The van der Waals surface area contributed by atoms with Crippen LogP contribution in [0.2, 0.25) is 36.3 Å². The summed E-state index contributed by atoms with van der Waals surface area (Å²) in [7, 11) is -6.05. The molecule has 11 heteroatoms. The normalized spacial score (nSPS) is 14.2. The molecular formula is C22H34F5NO3Si2. The van der Waals surface area contributed by atoms with E-state index < -0.39 is 45.6 Å². The Labute approximate surface area is 194 Å². The van der Waals surface area contributed by atoms with Crippen LogP contribution >= 0.6 is 0 Å². The second kappa shape index (κ2) is 8.79. The molecule has 1 amide bonds. The maximum atomic E-state index is 14.3. The quantitative estimate of drug-likeness (QED) is 0.306. The maximum absolute atomic E-state index is 14.3. The minimum absolute atomic E-state index is 0.224. The molecule has 0 saturated carbocycles. The van der Waals surface area contributed by atoms with Crippen molar-refractivity contribution in [1.82, 2.24) is 0 Å². The topological polar surface area (TPSA) is 46.6 Å². The Morgan fingerprint density at radius 3 is 1.67 bits per heavy atom. The van der Waals surface area contributed by atoms with Gasteiger partial charge in [0.2, 0.25) is 0 Å². The van der Waals surface area contributed by atoms with E-state index in [1.807, 2.05) is 33.9 Å². The molecule has 0 aliphatic heterocycles. The van der Waals surface area contributed by atoms with Crippen LogP contribution in [-0.2, 0) is 9.22 Å². The van der Waals surface area contributed by atoms with Crippen LogP contribution in [0.1, 0.15) is 51.9 Å². The van der Waals surface area contributed by atoms with E-state index in [2.05, 4.69) is 0 Å². The number of anilines is 1. The fourth-order valence-corrected chi connectivity index (χ4v) is 5.54. The standard InChI is InChI=1S/C22H34F5NO3Si2/c1-19(2,3)32(7,8)28(18(30)21(23,24)22(25,26)27)16-14-12-11-13-15(16)17(29)31-33(9,10)20(4,5)6/h11-14H,1-10H3. The van der Waals surface area contributed by atoms with E-state index in [-0.39, 0.29) is 16.3 Å². The van der Waals surface area contributed by atoms with Crippen molar-refractivity contribution in [3.63, 3.8) is 0 Å². The van der Waals surface area contributed by atoms with Crippen LogP contribution in [0, 0.1) is 0 Å². The van der Waals surface area contributed by atoms with Crippen molar-refractivity contribution in [2.75, 3.05) is 4.57 Å². The third kappa shape index (κ3) is 5.67. The van der Waals surface area contributed by atoms with Crippen LogP contribution in [0.5, 0.6) is 0 Å². The summed E-state index contributed by atoms with van der Waals surface area (Å²) in [6.07, 6.45) is -6.08. The number of halogens is 5. The summed E-state index contributed by atoms with van der Waals surface area (Å²) in [6.45, 7) is 17.4. The second-order valence-electron chi connectivity index (χ2n) is 11.2. The number of rotatable bonds is 5. The van der Waals surface area contributed by atoms with Crippen LogP contribution in [0.15, 0.2) is 24.3 Å². The van der Waals surface area contributed by atoms with Gasteiger partial charge in [-0.3, -0.25) is 4.79 Å². The lowest BCUT2D eigenvalue weighted by Gasteiger charge is -2.47. The predicted molar refractivity (Wildman–Crippen MR) is 125 cm³/mol. The molecule has 1 rings (SSSR count). The Kier molecular flexibility index (Phi) is 7.80. The number of hydrogen-bond donors (Lipinski definition) is 0. The van der Waals surface area contributed by atoms with E-state index in [0.29, 0.717) is 4.57 Å². The van der Waals surface area contributed by atoms with Crippen LogP contribution in [0.25, 0.3) is 0 Å². The zero-order valence-corrected chi connectivity index (χ0v) is 22.9. The maximum Gasteiger partial charge on any atom is 0.463 e. The fraction of sp³-hybridized carbons (Fsp3) is 0.636. The molecule has 0 heterocycles. The molecule has 0 aromatic heterocycles. The number of para-hydroxylation sites is 1. The number of benzene rings is 1. The van der Waals surface area contributed by atoms with Gasteiger partial charge < -0.3 is 8.99 Å². The number of carbonyl (C=O) groups is 2. The Bertz CT molecular complexity index is 901. The molecule has 0 bridgehead atoms. The second-order valence-corrected chi connectivity index (χ2v) is 21.0. The highest BCUT2D eigenvalue weighted by atomic mass is 28.4. The summed E-state index contributed by atoms with van der Waals surface area (Å²) >= 11 is 0. The third-order valence-electron chi connectivity index (χ3n) is 6.74. The zero-order chi connectivity index (χ0) is 26.4. The third-order valence-corrected chi connectivity index (χ3v) is 16.3. The molecule has 33 heavy (non-hydrogen) atoms. The van der Waals surface area contributed by atoms with Crippen LogP contribution in [-0.4, -0.2) is 40.5 Å². The first kappa shape index (κ1) is 29.3. The predicted octanol–water partition coefficient (Wildman–Crippen LogP) is 7.38. The molecule has 1 aromatic carbocycles. The summed E-state index contributed by atoms with van der Waals surface area (Å²) in [5, 5.41) is -1.17. The molecule has 1 aromatic rings. The van der Waals surface area contributed by atoms with Gasteiger partial charge in [-0.2, -0.15) is 22.0 Å². The van der Waals surface area contributed by atoms with Gasteiger partial charge >= 0.3 is 18.1 Å². The molecule has 0 unspecified atom stereocenters. The molecule has 0 fully saturated rings.